The first-order chi connectivity index (χ1) is 11.2. The fraction of sp³-hybridized carbons (Fsp3) is 0.111. The van der Waals surface area contributed by atoms with Gasteiger partial charge in [0.15, 0.2) is 11.5 Å². The molecule has 0 bridgehead atoms. The van der Waals surface area contributed by atoms with Crippen LogP contribution in [0.5, 0.6) is 11.5 Å². The molecular weight excluding hydrogens is 294 g/mol. The summed E-state index contributed by atoms with van der Waals surface area (Å²) in [4.78, 5) is 16.0. The van der Waals surface area contributed by atoms with E-state index in [1.807, 2.05) is 18.2 Å². The van der Waals surface area contributed by atoms with E-state index in [1.165, 1.54) is 0 Å². The van der Waals surface area contributed by atoms with Crippen LogP contribution in [-0.4, -0.2) is 25.2 Å². The third kappa shape index (κ3) is 3.08. The number of hydrogen-bond donors (Lipinski definition) is 0. The lowest BCUT2D eigenvalue weighted by Gasteiger charge is -2.09. The van der Waals surface area contributed by atoms with E-state index in [0.29, 0.717) is 22.8 Å². The number of nitrogens with zero attached hydrogens (tertiary/aromatic N) is 1. The van der Waals surface area contributed by atoms with Gasteiger partial charge in [0.1, 0.15) is 5.76 Å². The van der Waals surface area contributed by atoms with Gasteiger partial charge >= 0.3 is 5.97 Å². The van der Waals surface area contributed by atoms with Crippen molar-refractivity contribution in [3.8, 4) is 11.5 Å². The number of aromatic nitrogens is 1. The van der Waals surface area contributed by atoms with Gasteiger partial charge in [0, 0.05) is 18.0 Å². The highest BCUT2D eigenvalue weighted by atomic mass is 16.5. The Morgan fingerprint density at radius 1 is 1.04 bits per heavy atom. The Morgan fingerprint density at radius 2 is 1.78 bits per heavy atom. The molecule has 0 unspecified atom stereocenters. The summed E-state index contributed by atoms with van der Waals surface area (Å²) in [5.41, 5.74) is 2.12. The average molecular weight is 309 g/mol. The van der Waals surface area contributed by atoms with Crippen LogP contribution in [0.4, 0.5) is 0 Å². The molecule has 0 spiro atoms. The van der Waals surface area contributed by atoms with E-state index in [-0.39, 0.29) is 5.97 Å². The minimum Gasteiger partial charge on any atom is -0.493 e. The Labute approximate surface area is 133 Å². The average Bonchev–Trinajstić information content (AvgIpc) is 2.96. The molecule has 1 aliphatic heterocycles. The molecular formula is C18H15NO4. The summed E-state index contributed by atoms with van der Waals surface area (Å²) >= 11 is 0. The number of ether oxygens (including phenoxy) is 3. The molecule has 0 atom stereocenters. The second-order valence-corrected chi connectivity index (χ2v) is 4.85. The van der Waals surface area contributed by atoms with Crippen LogP contribution >= 0.6 is 0 Å². The van der Waals surface area contributed by atoms with E-state index in [0.717, 1.165) is 11.1 Å². The maximum absolute atomic E-state index is 12.0. The van der Waals surface area contributed by atoms with Gasteiger partial charge in [-0.3, -0.25) is 4.98 Å². The summed E-state index contributed by atoms with van der Waals surface area (Å²) in [6.07, 6.45) is 6.82. The summed E-state index contributed by atoms with van der Waals surface area (Å²) in [7, 11) is 3.13. The Morgan fingerprint density at radius 3 is 2.48 bits per heavy atom. The molecule has 23 heavy (non-hydrogen) atoms. The molecule has 0 aliphatic carbocycles. The fourth-order valence-corrected chi connectivity index (χ4v) is 2.26. The number of pyridine rings is 1. The lowest BCUT2D eigenvalue weighted by Crippen LogP contribution is -1.98. The SMILES string of the molecule is COc1ccc(C2=C/C(=C\c3ccncc3)C(=O)O2)cc1OC. The zero-order valence-electron chi connectivity index (χ0n) is 12.8. The first-order valence-corrected chi connectivity index (χ1v) is 6.99. The number of cyclic esters (lactones) is 1. The molecule has 0 radical (unpaired) electrons. The van der Waals surface area contributed by atoms with Gasteiger partial charge in [0.25, 0.3) is 0 Å². The van der Waals surface area contributed by atoms with Crippen LogP contribution in [0.2, 0.25) is 0 Å². The summed E-state index contributed by atoms with van der Waals surface area (Å²) in [6, 6.07) is 9.00. The minimum atomic E-state index is -0.383. The molecule has 116 valence electrons. The predicted octanol–water partition coefficient (Wildman–Crippen LogP) is 3.08. The molecule has 1 aromatic carbocycles. The van der Waals surface area contributed by atoms with Crippen LogP contribution in [0.15, 0.2) is 54.4 Å². The lowest BCUT2D eigenvalue weighted by atomic mass is 10.1. The van der Waals surface area contributed by atoms with Crippen molar-refractivity contribution in [1.82, 2.24) is 4.98 Å². The van der Waals surface area contributed by atoms with Crippen molar-refractivity contribution in [3.05, 3.63) is 65.5 Å². The predicted molar refractivity (Wildman–Crippen MR) is 85.8 cm³/mol. The van der Waals surface area contributed by atoms with Gasteiger partial charge in [-0.15, -0.1) is 0 Å². The van der Waals surface area contributed by atoms with Gasteiger partial charge in [0.05, 0.1) is 19.8 Å². The van der Waals surface area contributed by atoms with Gasteiger partial charge in [0.2, 0.25) is 0 Å². The normalized spacial score (nSPS) is 15.3. The quantitative estimate of drug-likeness (QED) is 0.641. The Bertz CT molecular complexity index is 794. The molecule has 5 heteroatoms. The molecule has 0 amide bonds. The third-order valence-electron chi connectivity index (χ3n) is 3.42. The van der Waals surface area contributed by atoms with Crippen molar-refractivity contribution < 1.29 is 19.0 Å². The highest BCUT2D eigenvalue weighted by Gasteiger charge is 2.22. The molecule has 0 saturated carbocycles. The van der Waals surface area contributed by atoms with Crippen molar-refractivity contribution in [2.24, 2.45) is 0 Å². The number of benzene rings is 1. The summed E-state index contributed by atoms with van der Waals surface area (Å²) in [6.45, 7) is 0. The van der Waals surface area contributed by atoms with Crippen LogP contribution < -0.4 is 9.47 Å². The van der Waals surface area contributed by atoms with Crippen LogP contribution in [0.25, 0.3) is 11.8 Å². The van der Waals surface area contributed by atoms with Crippen LogP contribution in [0.3, 0.4) is 0 Å². The summed E-state index contributed by atoms with van der Waals surface area (Å²) in [5.74, 6) is 1.30. The number of methoxy groups -OCH3 is 2. The number of carbonyl (C=O) groups excluding carboxylic acids is 1. The molecule has 2 aromatic rings. The van der Waals surface area contributed by atoms with E-state index in [1.54, 1.807) is 50.9 Å². The topological polar surface area (TPSA) is 57.7 Å². The Hall–Kier alpha value is -3.08. The van der Waals surface area contributed by atoms with Gasteiger partial charge in [-0.05, 0) is 48.0 Å². The number of carbonyl (C=O) groups is 1. The molecule has 0 N–H and O–H groups in total. The number of hydrogen-bond acceptors (Lipinski definition) is 5. The van der Waals surface area contributed by atoms with E-state index >= 15 is 0 Å². The van der Waals surface area contributed by atoms with Crippen LogP contribution in [-0.2, 0) is 9.53 Å². The van der Waals surface area contributed by atoms with Crippen molar-refractivity contribution >= 4 is 17.8 Å². The first kappa shape index (κ1) is 14.8. The third-order valence-corrected chi connectivity index (χ3v) is 3.42. The van der Waals surface area contributed by atoms with Gasteiger partial charge in [-0.2, -0.15) is 0 Å². The largest absolute Gasteiger partial charge is 0.493 e. The molecule has 3 rings (SSSR count). The monoisotopic (exact) mass is 309 g/mol. The van der Waals surface area contributed by atoms with Crippen LogP contribution in [0, 0.1) is 0 Å². The van der Waals surface area contributed by atoms with Crippen molar-refractivity contribution in [2.45, 2.75) is 0 Å². The zero-order valence-corrected chi connectivity index (χ0v) is 12.8. The molecule has 2 heterocycles. The highest BCUT2D eigenvalue weighted by molar-refractivity contribution is 6.05. The first-order valence-electron chi connectivity index (χ1n) is 6.99. The second kappa shape index (κ2) is 6.36. The second-order valence-electron chi connectivity index (χ2n) is 4.85. The standard InChI is InChI=1S/C18H15NO4/c1-21-15-4-3-13(10-17(15)22-2)16-11-14(18(20)23-16)9-12-5-7-19-8-6-12/h3-11H,1-2H3/b14-9+. The van der Waals surface area contributed by atoms with Crippen LogP contribution in [0.1, 0.15) is 11.1 Å². The molecule has 0 fully saturated rings. The molecule has 1 aromatic heterocycles. The summed E-state index contributed by atoms with van der Waals surface area (Å²) in [5, 5.41) is 0. The van der Waals surface area contributed by atoms with Crippen molar-refractivity contribution in [2.75, 3.05) is 14.2 Å². The fourth-order valence-electron chi connectivity index (χ4n) is 2.26. The smallest absolute Gasteiger partial charge is 0.343 e. The molecule has 5 nitrogen and oxygen atoms in total. The van der Waals surface area contributed by atoms with E-state index in [9.17, 15) is 4.79 Å². The van der Waals surface area contributed by atoms with Crippen molar-refractivity contribution in [3.63, 3.8) is 0 Å². The van der Waals surface area contributed by atoms with Gasteiger partial charge < -0.3 is 14.2 Å². The number of rotatable bonds is 4. The summed E-state index contributed by atoms with van der Waals surface area (Å²) < 4.78 is 15.8. The van der Waals surface area contributed by atoms with E-state index < -0.39 is 0 Å². The number of esters is 1. The minimum absolute atomic E-state index is 0.383. The Kier molecular flexibility index (Phi) is 4.10. The maximum Gasteiger partial charge on any atom is 0.343 e. The zero-order chi connectivity index (χ0) is 16.2. The maximum atomic E-state index is 12.0. The van der Waals surface area contributed by atoms with Gasteiger partial charge in [-0.25, -0.2) is 4.79 Å². The highest BCUT2D eigenvalue weighted by Crippen LogP contribution is 2.33. The lowest BCUT2D eigenvalue weighted by molar-refractivity contribution is -0.130. The Balaban J connectivity index is 1.94. The molecule has 0 saturated heterocycles. The molecule has 1 aliphatic rings. The van der Waals surface area contributed by atoms with E-state index in [2.05, 4.69) is 4.98 Å². The van der Waals surface area contributed by atoms with Crippen molar-refractivity contribution in [1.29, 1.82) is 0 Å². The van der Waals surface area contributed by atoms with Gasteiger partial charge in [-0.1, -0.05) is 0 Å². The van der Waals surface area contributed by atoms with E-state index in [4.69, 9.17) is 14.2 Å².